The molecule has 0 aliphatic heterocycles. The molecule has 0 fully saturated rings. The zero-order chi connectivity index (χ0) is 7.84. The second kappa shape index (κ2) is 2.59. The van der Waals surface area contributed by atoms with Gasteiger partial charge in [0.2, 0.25) is 0 Å². The molecule has 0 unspecified atom stereocenters. The van der Waals surface area contributed by atoms with Crippen molar-refractivity contribution >= 4 is 45.0 Å². The molecule has 0 atom stereocenters. The molecule has 0 saturated heterocycles. The molecule has 1 aromatic carbocycles. The van der Waals surface area contributed by atoms with Crippen LogP contribution in [0.2, 0.25) is 10.0 Å². The average molecular weight is 205 g/mol. The van der Waals surface area contributed by atoms with E-state index in [0.717, 1.165) is 4.70 Å². The lowest BCUT2D eigenvalue weighted by atomic mass is 10.3. The van der Waals surface area contributed by atoms with Gasteiger partial charge in [-0.25, -0.2) is 0 Å². The summed E-state index contributed by atoms with van der Waals surface area (Å²) in [4.78, 5) is 0. The third-order valence-corrected chi connectivity index (χ3v) is 2.80. The molecule has 2 rings (SSSR count). The monoisotopic (exact) mass is 204 g/mol. The van der Waals surface area contributed by atoms with Crippen LogP contribution in [-0.2, 0) is 0 Å². The first-order valence-corrected chi connectivity index (χ1v) is 4.38. The molecule has 0 radical (unpaired) electrons. The zero-order valence-corrected chi connectivity index (χ0v) is 7.54. The predicted molar refractivity (Wildman–Crippen MR) is 47.4 cm³/mol. The second-order valence-corrected chi connectivity index (χ2v) is 3.55. The van der Waals surface area contributed by atoms with Crippen LogP contribution in [-0.4, -0.2) is 9.59 Å². The number of aromatic nitrogens is 2. The molecule has 0 spiro atoms. The lowest BCUT2D eigenvalue weighted by Gasteiger charge is -1.91. The van der Waals surface area contributed by atoms with E-state index < -0.39 is 0 Å². The number of fused-ring (bicyclic) bond motifs is 1. The van der Waals surface area contributed by atoms with Gasteiger partial charge in [-0.1, -0.05) is 27.7 Å². The minimum Gasteiger partial charge on any atom is -0.136 e. The number of hydrogen-bond donors (Lipinski definition) is 0. The highest BCUT2D eigenvalue weighted by atomic mass is 35.5. The Morgan fingerprint density at radius 1 is 1.18 bits per heavy atom. The van der Waals surface area contributed by atoms with Gasteiger partial charge in [-0.05, 0) is 23.7 Å². The third-order valence-electron chi connectivity index (χ3n) is 1.31. The Labute approximate surface area is 76.9 Å². The maximum absolute atomic E-state index is 5.84. The Kier molecular flexibility index (Phi) is 1.71. The summed E-state index contributed by atoms with van der Waals surface area (Å²) < 4.78 is 4.59. The molecule has 56 valence electrons. The molecular formula is C6H2Cl2N2S. The molecule has 2 aromatic rings. The van der Waals surface area contributed by atoms with Gasteiger partial charge in [0.1, 0.15) is 5.52 Å². The molecule has 0 bridgehead atoms. The van der Waals surface area contributed by atoms with Gasteiger partial charge in [0.15, 0.2) is 0 Å². The van der Waals surface area contributed by atoms with Crippen molar-refractivity contribution in [3.05, 3.63) is 22.2 Å². The third kappa shape index (κ3) is 1.09. The molecule has 0 saturated carbocycles. The Bertz CT molecular complexity index is 362. The molecule has 1 heterocycles. The van der Waals surface area contributed by atoms with Gasteiger partial charge in [-0.15, -0.1) is 5.10 Å². The summed E-state index contributed by atoms with van der Waals surface area (Å²) in [5, 5.41) is 5.08. The van der Waals surface area contributed by atoms with Gasteiger partial charge in [-0.2, -0.15) is 0 Å². The van der Waals surface area contributed by atoms with Crippen molar-refractivity contribution in [3.8, 4) is 0 Å². The highest BCUT2D eigenvalue weighted by Gasteiger charge is 2.05. The predicted octanol–water partition coefficient (Wildman–Crippen LogP) is 3.00. The first kappa shape index (κ1) is 7.28. The summed E-state index contributed by atoms with van der Waals surface area (Å²) in [6.45, 7) is 0. The minimum atomic E-state index is 0.596. The molecule has 1 aromatic heterocycles. The first-order valence-electron chi connectivity index (χ1n) is 2.85. The highest BCUT2D eigenvalue weighted by Crippen LogP contribution is 2.29. The van der Waals surface area contributed by atoms with E-state index in [1.54, 1.807) is 12.1 Å². The van der Waals surface area contributed by atoms with Crippen molar-refractivity contribution in [1.29, 1.82) is 0 Å². The van der Waals surface area contributed by atoms with E-state index in [4.69, 9.17) is 23.2 Å². The van der Waals surface area contributed by atoms with Gasteiger partial charge in [-0.3, -0.25) is 0 Å². The van der Waals surface area contributed by atoms with E-state index in [1.165, 1.54) is 11.5 Å². The molecule has 0 amide bonds. The molecule has 0 N–H and O–H groups in total. The van der Waals surface area contributed by atoms with Crippen LogP contribution in [0.25, 0.3) is 10.2 Å². The van der Waals surface area contributed by atoms with Crippen molar-refractivity contribution in [2.75, 3.05) is 0 Å². The number of hydrogen-bond acceptors (Lipinski definition) is 3. The Hall–Kier alpha value is -0.380. The fraction of sp³-hybridized carbons (Fsp3) is 0. The zero-order valence-electron chi connectivity index (χ0n) is 5.21. The van der Waals surface area contributed by atoms with E-state index in [0.29, 0.717) is 15.6 Å². The van der Waals surface area contributed by atoms with Crippen LogP contribution in [0.3, 0.4) is 0 Å². The lowest BCUT2D eigenvalue weighted by molar-refractivity contribution is 1.20. The molecule has 5 heteroatoms. The van der Waals surface area contributed by atoms with Crippen LogP contribution in [0.4, 0.5) is 0 Å². The summed E-state index contributed by atoms with van der Waals surface area (Å²) in [6, 6.07) is 3.46. The molecule has 0 aliphatic carbocycles. The highest BCUT2D eigenvalue weighted by molar-refractivity contribution is 7.13. The fourth-order valence-electron chi connectivity index (χ4n) is 0.805. The van der Waals surface area contributed by atoms with Gasteiger partial charge in [0.25, 0.3) is 0 Å². The quantitative estimate of drug-likeness (QED) is 0.660. The molecular weight excluding hydrogens is 203 g/mol. The lowest BCUT2D eigenvalue weighted by Crippen LogP contribution is -1.71. The maximum atomic E-state index is 5.84. The summed E-state index contributed by atoms with van der Waals surface area (Å²) in [7, 11) is 0. The fourth-order valence-corrected chi connectivity index (χ4v) is 1.91. The topological polar surface area (TPSA) is 25.8 Å². The summed E-state index contributed by atoms with van der Waals surface area (Å²) in [5.74, 6) is 0. The second-order valence-electron chi connectivity index (χ2n) is 1.98. The van der Waals surface area contributed by atoms with Crippen molar-refractivity contribution in [3.63, 3.8) is 0 Å². The average Bonchev–Trinajstić information content (AvgIpc) is 2.45. The summed E-state index contributed by atoms with van der Waals surface area (Å²) in [6.07, 6.45) is 0. The van der Waals surface area contributed by atoms with Gasteiger partial charge >= 0.3 is 0 Å². The molecule has 2 nitrogen and oxygen atoms in total. The SMILES string of the molecule is Clc1ccc(Cl)c2snnc12. The number of rotatable bonds is 0. The van der Waals surface area contributed by atoms with Gasteiger partial charge in [0, 0.05) is 0 Å². The van der Waals surface area contributed by atoms with E-state index in [2.05, 4.69) is 9.59 Å². The van der Waals surface area contributed by atoms with Crippen molar-refractivity contribution < 1.29 is 0 Å². The summed E-state index contributed by atoms with van der Waals surface area (Å²) in [5.41, 5.74) is 0.684. The van der Waals surface area contributed by atoms with Crippen molar-refractivity contribution in [2.24, 2.45) is 0 Å². The number of benzene rings is 1. The Morgan fingerprint density at radius 2 is 1.91 bits per heavy atom. The van der Waals surface area contributed by atoms with Gasteiger partial charge < -0.3 is 0 Å². The summed E-state index contributed by atoms with van der Waals surface area (Å²) >= 11 is 12.9. The van der Waals surface area contributed by atoms with Crippen molar-refractivity contribution in [2.45, 2.75) is 0 Å². The van der Waals surface area contributed by atoms with Gasteiger partial charge in [0.05, 0.1) is 14.7 Å². The first-order chi connectivity index (χ1) is 5.29. The van der Waals surface area contributed by atoms with Crippen LogP contribution in [0.1, 0.15) is 0 Å². The maximum Gasteiger partial charge on any atom is 0.126 e. The van der Waals surface area contributed by atoms with E-state index in [9.17, 15) is 0 Å². The van der Waals surface area contributed by atoms with Crippen LogP contribution >= 0.6 is 34.7 Å². The smallest absolute Gasteiger partial charge is 0.126 e. The Balaban J connectivity index is 2.96. The minimum absolute atomic E-state index is 0.596. The van der Waals surface area contributed by atoms with Crippen LogP contribution in [0, 0.1) is 0 Å². The Morgan fingerprint density at radius 3 is 2.64 bits per heavy atom. The van der Waals surface area contributed by atoms with E-state index in [-0.39, 0.29) is 0 Å². The normalized spacial score (nSPS) is 10.7. The van der Waals surface area contributed by atoms with E-state index in [1.807, 2.05) is 0 Å². The van der Waals surface area contributed by atoms with Crippen LogP contribution < -0.4 is 0 Å². The van der Waals surface area contributed by atoms with Crippen LogP contribution in [0.5, 0.6) is 0 Å². The van der Waals surface area contributed by atoms with E-state index >= 15 is 0 Å². The largest absolute Gasteiger partial charge is 0.136 e. The van der Waals surface area contributed by atoms with Crippen molar-refractivity contribution in [1.82, 2.24) is 9.59 Å². The number of halogens is 2. The number of nitrogens with zero attached hydrogens (tertiary/aromatic N) is 2. The molecule has 11 heavy (non-hydrogen) atoms. The standard InChI is InChI=1S/C6H2Cl2N2S/c7-3-1-2-4(8)6-5(3)9-10-11-6/h1-2H. The van der Waals surface area contributed by atoms with Crippen LogP contribution in [0.15, 0.2) is 12.1 Å². The molecule has 0 aliphatic rings.